The van der Waals surface area contributed by atoms with Crippen LogP contribution in [-0.2, 0) is 0 Å². The molecule has 4 rings (SSSR count). The fourth-order valence-corrected chi connectivity index (χ4v) is 4.29. The lowest BCUT2D eigenvalue weighted by Crippen LogP contribution is -2.25. The second kappa shape index (κ2) is 14.2. The largest absolute Gasteiger partial charge is 0.490 e. The van der Waals surface area contributed by atoms with Crippen molar-refractivity contribution in [2.45, 2.75) is 34.1 Å². The smallest absolute Gasteiger partial charge is 0.262 e. The lowest BCUT2D eigenvalue weighted by Gasteiger charge is -2.17. The summed E-state index contributed by atoms with van der Waals surface area (Å²) >= 11 is 0. The molecule has 1 heterocycles. The minimum atomic E-state index is -0.497. The Labute approximate surface area is 240 Å². The van der Waals surface area contributed by atoms with E-state index in [9.17, 15) is 9.18 Å². The van der Waals surface area contributed by atoms with Crippen LogP contribution in [0.4, 0.5) is 21.7 Å². The number of ether oxygens (including phenoxy) is 2. The van der Waals surface area contributed by atoms with Crippen molar-refractivity contribution >= 4 is 23.2 Å². The van der Waals surface area contributed by atoms with Crippen molar-refractivity contribution in [3.63, 3.8) is 0 Å². The highest BCUT2D eigenvalue weighted by Gasteiger charge is 2.19. The molecule has 1 amide bonds. The zero-order valence-corrected chi connectivity index (χ0v) is 23.9. The molecule has 0 saturated carbocycles. The zero-order chi connectivity index (χ0) is 29.2. The molecule has 0 atom stereocenters. The molecular formula is C32H36FN5O3. The number of carbonyl (C=O) groups excluding carboxylic acids is 1. The van der Waals surface area contributed by atoms with E-state index in [1.165, 1.54) is 12.3 Å². The van der Waals surface area contributed by atoms with Gasteiger partial charge in [-0.3, -0.25) is 4.79 Å². The lowest BCUT2D eigenvalue weighted by molar-refractivity contribution is 0.102. The Morgan fingerprint density at radius 1 is 0.976 bits per heavy atom. The van der Waals surface area contributed by atoms with Gasteiger partial charge in [0, 0.05) is 30.2 Å². The topological polar surface area (TPSA) is 88.6 Å². The van der Waals surface area contributed by atoms with Gasteiger partial charge in [0.1, 0.15) is 11.3 Å². The van der Waals surface area contributed by atoms with Gasteiger partial charge in [-0.2, -0.15) is 4.98 Å². The Morgan fingerprint density at radius 2 is 1.71 bits per heavy atom. The van der Waals surface area contributed by atoms with E-state index in [1.807, 2.05) is 50.2 Å². The van der Waals surface area contributed by atoms with E-state index in [1.54, 1.807) is 24.3 Å². The Morgan fingerprint density at radius 3 is 2.39 bits per heavy atom. The average Bonchev–Trinajstić information content (AvgIpc) is 2.97. The molecule has 0 aliphatic carbocycles. The van der Waals surface area contributed by atoms with Crippen LogP contribution in [-0.4, -0.2) is 47.0 Å². The lowest BCUT2D eigenvalue weighted by atomic mass is 10.1. The first kappa shape index (κ1) is 29.5. The number of nitrogens with one attached hydrogen (secondary N) is 2. The highest BCUT2D eigenvalue weighted by atomic mass is 19.1. The van der Waals surface area contributed by atoms with Gasteiger partial charge in [0.15, 0.2) is 11.6 Å². The fourth-order valence-electron chi connectivity index (χ4n) is 4.29. The molecule has 0 radical (unpaired) electrons. The standard InChI is InChI=1S/C32H36FN5O3/c1-5-38(6-2)18-11-19-40-28-17-16-24(20-27(28)33)35-32-34-21-26(31(37-32)41-25-14-8-7-9-15-25)30(39)36-29-22(3)12-10-13-23(29)4/h7-10,12-17,20-21H,5-6,11,18-19H2,1-4H3,(H,36,39)(H,34,35,37). The van der Waals surface area contributed by atoms with Crippen LogP contribution >= 0.6 is 0 Å². The fraction of sp³-hybridized carbons (Fsp3) is 0.281. The highest BCUT2D eigenvalue weighted by Crippen LogP contribution is 2.28. The molecule has 0 aliphatic heterocycles. The Bertz CT molecular complexity index is 1440. The summed E-state index contributed by atoms with van der Waals surface area (Å²) in [6.07, 6.45) is 2.20. The number of benzene rings is 3. The maximum atomic E-state index is 14.8. The van der Waals surface area contributed by atoms with Crippen LogP contribution in [0.3, 0.4) is 0 Å². The number of hydrogen-bond donors (Lipinski definition) is 2. The summed E-state index contributed by atoms with van der Waals surface area (Å²) in [6, 6.07) is 19.4. The maximum absolute atomic E-state index is 14.8. The predicted octanol–water partition coefficient (Wildman–Crippen LogP) is 7.13. The number of nitrogens with zero attached hydrogens (tertiary/aromatic N) is 3. The first-order valence-electron chi connectivity index (χ1n) is 13.8. The van der Waals surface area contributed by atoms with E-state index in [2.05, 4.69) is 39.3 Å². The summed E-state index contributed by atoms with van der Waals surface area (Å²) in [5.74, 6) is -0.0102. The van der Waals surface area contributed by atoms with Crippen molar-refractivity contribution in [3.05, 3.63) is 95.4 Å². The van der Waals surface area contributed by atoms with Gasteiger partial charge in [0.25, 0.3) is 5.91 Å². The molecule has 1 aromatic heterocycles. The van der Waals surface area contributed by atoms with Crippen LogP contribution in [0.1, 0.15) is 41.8 Å². The van der Waals surface area contributed by atoms with Crippen LogP contribution in [0.15, 0.2) is 72.9 Å². The molecule has 0 bridgehead atoms. The van der Waals surface area contributed by atoms with E-state index < -0.39 is 11.7 Å². The van der Waals surface area contributed by atoms with Gasteiger partial charge in [-0.1, -0.05) is 50.2 Å². The number of aromatic nitrogens is 2. The Balaban J connectivity index is 1.51. The van der Waals surface area contributed by atoms with Crippen LogP contribution in [0.5, 0.6) is 17.4 Å². The minimum absolute atomic E-state index is 0.0612. The number of para-hydroxylation sites is 2. The molecule has 0 saturated heterocycles. The minimum Gasteiger partial charge on any atom is -0.490 e. The van der Waals surface area contributed by atoms with Gasteiger partial charge >= 0.3 is 0 Å². The molecule has 0 fully saturated rings. The van der Waals surface area contributed by atoms with Crippen LogP contribution < -0.4 is 20.1 Å². The van der Waals surface area contributed by atoms with Crippen LogP contribution in [0, 0.1) is 19.7 Å². The van der Waals surface area contributed by atoms with E-state index in [0.717, 1.165) is 42.9 Å². The molecule has 214 valence electrons. The third kappa shape index (κ3) is 8.02. The highest BCUT2D eigenvalue weighted by molar-refractivity contribution is 6.06. The molecule has 0 unspecified atom stereocenters. The first-order valence-corrected chi connectivity index (χ1v) is 13.8. The monoisotopic (exact) mass is 557 g/mol. The summed E-state index contributed by atoms with van der Waals surface area (Å²) in [7, 11) is 0. The van der Waals surface area contributed by atoms with Crippen molar-refractivity contribution in [2.24, 2.45) is 0 Å². The number of rotatable bonds is 13. The Kier molecular flexibility index (Phi) is 10.2. The van der Waals surface area contributed by atoms with E-state index in [4.69, 9.17) is 9.47 Å². The van der Waals surface area contributed by atoms with Gasteiger partial charge in [-0.05, 0) is 68.8 Å². The normalized spacial score (nSPS) is 10.9. The van der Waals surface area contributed by atoms with Crippen molar-refractivity contribution < 1.29 is 18.7 Å². The number of amides is 1. The van der Waals surface area contributed by atoms with Crippen LogP contribution in [0.2, 0.25) is 0 Å². The van der Waals surface area contributed by atoms with Gasteiger partial charge in [-0.25, -0.2) is 9.37 Å². The van der Waals surface area contributed by atoms with Crippen LogP contribution in [0.25, 0.3) is 0 Å². The van der Waals surface area contributed by atoms with Gasteiger partial charge in [-0.15, -0.1) is 0 Å². The number of carbonyl (C=O) groups is 1. The Hall–Kier alpha value is -4.50. The molecule has 2 N–H and O–H groups in total. The molecule has 3 aromatic carbocycles. The average molecular weight is 558 g/mol. The maximum Gasteiger partial charge on any atom is 0.262 e. The second-order valence-electron chi connectivity index (χ2n) is 9.55. The van der Waals surface area contributed by atoms with Crippen molar-refractivity contribution in [1.29, 1.82) is 0 Å². The molecule has 9 heteroatoms. The molecular weight excluding hydrogens is 521 g/mol. The van der Waals surface area contributed by atoms with E-state index in [-0.39, 0.29) is 23.1 Å². The molecule has 4 aromatic rings. The van der Waals surface area contributed by atoms with E-state index >= 15 is 0 Å². The number of halogens is 1. The number of aryl methyl sites for hydroxylation is 2. The summed E-state index contributed by atoms with van der Waals surface area (Å²) < 4.78 is 26.4. The van der Waals surface area contributed by atoms with Crippen molar-refractivity contribution in [1.82, 2.24) is 14.9 Å². The second-order valence-corrected chi connectivity index (χ2v) is 9.55. The third-order valence-electron chi connectivity index (χ3n) is 6.63. The third-order valence-corrected chi connectivity index (χ3v) is 6.63. The zero-order valence-electron chi connectivity index (χ0n) is 23.9. The van der Waals surface area contributed by atoms with E-state index in [0.29, 0.717) is 18.0 Å². The SMILES string of the molecule is CCN(CC)CCCOc1ccc(Nc2ncc(C(=O)Nc3c(C)cccc3C)c(Oc3ccccc3)n2)cc1F. The number of anilines is 3. The summed E-state index contributed by atoms with van der Waals surface area (Å²) in [4.78, 5) is 24.4. The van der Waals surface area contributed by atoms with Crippen molar-refractivity contribution in [3.8, 4) is 17.4 Å². The van der Waals surface area contributed by atoms with Gasteiger partial charge in [0.2, 0.25) is 11.8 Å². The quantitative estimate of drug-likeness (QED) is 0.169. The van der Waals surface area contributed by atoms with Gasteiger partial charge < -0.3 is 25.0 Å². The van der Waals surface area contributed by atoms with Crippen molar-refractivity contribution in [2.75, 3.05) is 36.9 Å². The summed E-state index contributed by atoms with van der Waals surface area (Å²) in [5.41, 5.74) is 3.16. The summed E-state index contributed by atoms with van der Waals surface area (Å²) in [6.45, 7) is 11.4. The number of hydrogen-bond acceptors (Lipinski definition) is 7. The summed E-state index contributed by atoms with van der Waals surface area (Å²) in [5, 5.41) is 5.95. The first-order chi connectivity index (χ1) is 19.9. The van der Waals surface area contributed by atoms with Gasteiger partial charge in [0.05, 0.1) is 6.61 Å². The molecule has 41 heavy (non-hydrogen) atoms. The predicted molar refractivity (Wildman–Crippen MR) is 160 cm³/mol. The molecule has 0 spiro atoms. The molecule has 0 aliphatic rings. The molecule has 8 nitrogen and oxygen atoms in total.